The number of allylic oxidation sites excluding steroid dienone is 2. The molecule has 7 atom stereocenters. The van der Waals surface area contributed by atoms with Crippen molar-refractivity contribution < 1.29 is 0 Å². The smallest absolute Gasteiger partial charge is 0.0256 e. The van der Waals surface area contributed by atoms with Crippen LogP contribution in [-0.2, 0) is 0 Å². The highest BCUT2D eigenvalue weighted by molar-refractivity contribution is 5.25. The van der Waals surface area contributed by atoms with Crippen LogP contribution in [0.4, 0.5) is 0 Å². The van der Waals surface area contributed by atoms with Crippen molar-refractivity contribution in [3.8, 4) is 12.3 Å². The molecule has 0 heterocycles. The summed E-state index contributed by atoms with van der Waals surface area (Å²) in [6.07, 6.45) is 19.6. The summed E-state index contributed by atoms with van der Waals surface area (Å²) in [4.78, 5) is 0. The maximum absolute atomic E-state index is 5.88. The van der Waals surface area contributed by atoms with Crippen molar-refractivity contribution in [3.63, 3.8) is 0 Å². The van der Waals surface area contributed by atoms with Crippen LogP contribution in [0.1, 0.15) is 72.1 Å². The second-order valence-corrected chi connectivity index (χ2v) is 9.45. The predicted octanol–water partition coefficient (Wildman–Crippen LogP) is 5.83. The minimum Gasteiger partial charge on any atom is -0.120 e. The van der Waals surface area contributed by atoms with Gasteiger partial charge in [0.2, 0.25) is 0 Å². The lowest BCUT2D eigenvalue weighted by Gasteiger charge is -2.57. The standard InChI is InChI=1S/C22H32/c1-5-16-7-9-19-18-8-6-17-14-15(2)10-12-22(17,4)20(18)11-13-21(16,19)3/h1,6,15-16,18-20H,7-14H2,2-4H3/t15-,16-,18?,19?,20?,21?,22-/m0/s1. The summed E-state index contributed by atoms with van der Waals surface area (Å²) in [5, 5.41) is 0. The Kier molecular flexibility index (Phi) is 3.31. The zero-order valence-corrected chi connectivity index (χ0v) is 14.7. The molecule has 0 nitrogen and oxygen atoms in total. The lowest BCUT2D eigenvalue weighted by molar-refractivity contribution is -0.0364. The van der Waals surface area contributed by atoms with Gasteiger partial charge in [0.1, 0.15) is 0 Å². The van der Waals surface area contributed by atoms with Gasteiger partial charge in [0.15, 0.2) is 0 Å². The summed E-state index contributed by atoms with van der Waals surface area (Å²) in [5.41, 5.74) is 2.78. The normalized spacial score (nSPS) is 53.7. The molecule has 0 radical (unpaired) electrons. The second-order valence-electron chi connectivity index (χ2n) is 9.45. The molecule has 3 fully saturated rings. The molecule has 4 aliphatic carbocycles. The molecular formula is C22H32. The summed E-state index contributed by atoms with van der Waals surface area (Å²) < 4.78 is 0. The Labute approximate surface area is 137 Å². The Morgan fingerprint density at radius 3 is 2.68 bits per heavy atom. The quantitative estimate of drug-likeness (QED) is 0.389. The number of rotatable bonds is 0. The van der Waals surface area contributed by atoms with Crippen molar-refractivity contribution in [3.05, 3.63) is 11.6 Å². The Morgan fingerprint density at radius 2 is 1.91 bits per heavy atom. The van der Waals surface area contributed by atoms with E-state index >= 15 is 0 Å². The van der Waals surface area contributed by atoms with Gasteiger partial charge in [-0.05, 0) is 85.9 Å². The highest BCUT2D eigenvalue weighted by Gasteiger charge is 2.58. The molecule has 0 saturated heterocycles. The zero-order valence-electron chi connectivity index (χ0n) is 14.7. The van der Waals surface area contributed by atoms with Gasteiger partial charge < -0.3 is 0 Å². The monoisotopic (exact) mass is 296 g/mol. The summed E-state index contributed by atoms with van der Waals surface area (Å²) in [5.74, 6) is 7.35. The highest BCUT2D eigenvalue weighted by atomic mass is 14.6. The van der Waals surface area contributed by atoms with Crippen LogP contribution < -0.4 is 0 Å². The number of hydrogen-bond donors (Lipinski definition) is 0. The van der Waals surface area contributed by atoms with Crippen molar-refractivity contribution in [2.75, 3.05) is 0 Å². The Hall–Kier alpha value is -0.700. The van der Waals surface area contributed by atoms with Gasteiger partial charge in [0.25, 0.3) is 0 Å². The van der Waals surface area contributed by atoms with E-state index in [0.717, 1.165) is 23.7 Å². The maximum atomic E-state index is 5.88. The zero-order chi connectivity index (χ0) is 15.5. The number of terminal acetylenes is 1. The fourth-order valence-corrected chi connectivity index (χ4v) is 7.12. The second kappa shape index (κ2) is 4.90. The van der Waals surface area contributed by atoms with Crippen molar-refractivity contribution in [2.24, 2.45) is 40.4 Å². The molecule has 4 aliphatic rings. The van der Waals surface area contributed by atoms with Crippen molar-refractivity contribution in [1.82, 2.24) is 0 Å². The first-order valence-corrected chi connectivity index (χ1v) is 9.64. The first-order chi connectivity index (χ1) is 10.5. The van der Waals surface area contributed by atoms with Crippen molar-refractivity contribution >= 4 is 0 Å². The third-order valence-corrected chi connectivity index (χ3v) is 8.55. The first kappa shape index (κ1) is 14.9. The Morgan fingerprint density at radius 1 is 1.09 bits per heavy atom. The lowest BCUT2D eigenvalue weighted by Crippen LogP contribution is -2.49. The summed E-state index contributed by atoms with van der Waals surface area (Å²) in [6.45, 7) is 7.58. The highest BCUT2D eigenvalue weighted by Crippen LogP contribution is 2.66. The van der Waals surface area contributed by atoms with Crippen LogP contribution in [0, 0.1) is 52.8 Å². The van der Waals surface area contributed by atoms with Gasteiger partial charge in [0.05, 0.1) is 0 Å². The average molecular weight is 296 g/mol. The molecule has 0 aliphatic heterocycles. The largest absolute Gasteiger partial charge is 0.120 e. The van der Waals surface area contributed by atoms with Crippen molar-refractivity contribution in [1.29, 1.82) is 0 Å². The molecule has 0 heteroatoms. The fourth-order valence-electron chi connectivity index (χ4n) is 7.12. The molecule has 4 rings (SSSR count). The van der Waals surface area contributed by atoms with Crippen molar-refractivity contribution in [2.45, 2.75) is 72.1 Å². The van der Waals surface area contributed by atoms with E-state index in [-0.39, 0.29) is 0 Å². The van der Waals surface area contributed by atoms with E-state index in [9.17, 15) is 0 Å². The molecule has 0 amide bonds. The van der Waals surface area contributed by atoms with E-state index in [1.165, 1.54) is 51.4 Å². The van der Waals surface area contributed by atoms with Gasteiger partial charge in [-0.2, -0.15) is 0 Å². The number of hydrogen-bond acceptors (Lipinski definition) is 0. The van der Waals surface area contributed by atoms with E-state index in [1.807, 2.05) is 5.57 Å². The predicted molar refractivity (Wildman–Crippen MR) is 93.2 cm³/mol. The van der Waals surface area contributed by atoms with E-state index in [0.29, 0.717) is 16.7 Å². The van der Waals surface area contributed by atoms with Gasteiger partial charge in [-0.1, -0.05) is 32.4 Å². The third kappa shape index (κ3) is 1.84. The topological polar surface area (TPSA) is 0 Å². The van der Waals surface area contributed by atoms with E-state index < -0.39 is 0 Å². The van der Waals surface area contributed by atoms with Gasteiger partial charge in [0, 0.05) is 5.92 Å². The lowest BCUT2D eigenvalue weighted by atomic mass is 9.47. The molecule has 0 N–H and O–H groups in total. The van der Waals surface area contributed by atoms with E-state index in [2.05, 4.69) is 32.8 Å². The van der Waals surface area contributed by atoms with Crippen LogP contribution in [0.5, 0.6) is 0 Å². The Bertz CT molecular complexity index is 535. The molecule has 0 spiro atoms. The van der Waals surface area contributed by atoms with Crippen LogP contribution in [0.25, 0.3) is 0 Å². The molecule has 3 saturated carbocycles. The van der Waals surface area contributed by atoms with Crippen LogP contribution in [0.15, 0.2) is 11.6 Å². The fraction of sp³-hybridized carbons (Fsp3) is 0.818. The van der Waals surface area contributed by atoms with Gasteiger partial charge >= 0.3 is 0 Å². The van der Waals surface area contributed by atoms with Gasteiger partial charge in [-0.3, -0.25) is 0 Å². The van der Waals surface area contributed by atoms with E-state index in [1.54, 1.807) is 0 Å². The van der Waals surface area contributed by atoms with Crippen LogP contribution in [0.2, 0.25) is 0 Å². The minimum absolute atomic E-state index is 0.444. The molecule has 0 aromatic rings. The molecule has 4 unspecified atom stereocenters. The molecule has 0 bridgehead atoms. The third-order valence-electron chi connectivity index (χ3n) is 8.55. The van der Waals surface area contributed by atoms with Crippen LogP contribution >= 0.6 is 0 Å². The summed E-state index contributed by atoms with van der Waals surface area (Å²) >= 11 is 0. The Balaban J connectivity index is 1.67. The first-order valence-electron chi connectivity index (χ1n) is 9.64. The molecule has 0 aromatic carbocycles. The van der Waals surface area contributed by atoms with E-state index in [4.69, 9.17) is 6.42 Å². The molecule has 22 heavy (non-hydrogen) atoms. The summed E-state index contributed by atoms with van der Waals surface area (Å²) in [6, 6.07) is 0. The van der Waals surface area contributed by atoms with Crippen LogP contribution in [0.3, 0.4) is 0 Å². The maximum Gasteiger partial charge on any atom is 0.0256 e. The van der Waals surface area contributed by atoms with Gasteiger partial charge in [-0.25, -0.2) is 0 Å². The molecule has 120 valence electrons. The molecule has 0 aromatic heterocycles. The molecular weight excluding hydrogens is 264 g/mol. The average Bonchev–Trinajstić information content (AvgIpc) is 2.84. The minimum atomic E-state index is 0.444. The van der Waals surface area contributed by atoms with Gasteiger partial charge in [-0.15, -0.1) is 12.3 Å². The SMILES string of the molecule is C#C[C@H]1CCC2C3CC=C4C[C@@H](C)CC[C@]4(C)C3CCC21C. The van der Waals surface area contributed by atoms with Crippen LogP contribution in [-0.4, -0.2) is 0 Å². The summed E-state index contributed by atoms with van der Waals surface area (Å²) in [7, 11) is 0. The number of fused-ring (bicyclic) bond motifs is 5.